The maximum atomic E-state index is 12.0. The molecule has 2 aromatic rings. The molecule has 0 saturated heterocycles. The highest BCUT2D eigenvalue weighted by atomic mass is 16.5. The van der Waals surface area contributed by atoms with E-state index in [1.165, 1.54) is 0 Å². The number of ether oxygens (including phenoxy) is 1. The zero-order valence-electron chi connectivity index (χ0n) is 11.6. The highest BCUT2D eigenvalue weighted by Gasteiger charge is 2.16. The van der Waals surface area contributed by atoms with Crippen LogP contribution in [0.4, 0.5) is 11.4 Å². The molecule has 0 radical (unpaired) electrons. The van der Waals surface area contributed by atoms with Gasteiger partial charge in [-0.05, 0) is 31.2 Å². The van der Waals surface area contributed by atoms with Gasteiger partial charge in [-0.15, -0.1) is 0 Å². The van der Waals surface area contributed by atoms with E-state index in [9.17, 15) is 4.79 Å². The van der Waals surface area contributed by atoms with E-state index in [0.717, 1.165) is 11.3 Å². The number of nitrogen functional groups attached to an aromatic ring is 1. The minimum Gasteiger partial charge on any atom is -0.472 e. The summed E-state index contributed by atoms with van der Waals surface area (Å²) in [6.07, 6.45) is 3.30. The Morgan fingerprint density at radius 2 is 2.20 bits per heavy atom. The number of hydrogen-bond acceptors (Lipinski definition) is 5. The van der Waals surface area contributed by atoms with Crippen molar-refractivity contribution in [2.24, 2.45) is 0 Å². The molecule has 2 rings (SSSR count). The molecule has 5 nitrogen and oxygen atoms in total. The van der Waals surface area contributed by atoms with E-state index in [0.29, 0.717) is 24.4 Å². The lowest BCUT2D eigenvalue weighted by atomic mass is 10.1. The standard InChI is InChI=1S/C15H18N2O3/c1-3-20-15(18)13-8-12(16)4-5-14(13)17(2)9-11-6-7-19-10-11/h4-8,10H,3,9,16H2,1-2H3. The van der Waals surface area contributed by atoms with Gasteiger partial charge in [-0.2, -0.15) is 0 Å². The largest absolute Gasteiger partial charge is 0.472 e. The Balaban J connectivity index is 2.27. The number of carbonyl (C=O) groups is 1. The number of benzene rings is 1. The number of nitrogens with zero attached hydrogens (tertiary/aromatic N) is 1. The Hall–Kier alpha value is -2.43. The minimum absolute atomic E-state index is 0.332. The monoisotopic (exact) mass is 274 g/mol. The predicted octanol–water partition coefficient (Wildman–Crippen LogP) is 2.67. The molecule has 1 aromatic heterocycles. The average molecular weight is 274 g/mol. The van der Waals surface area contributed by atoms with Crippen molar-refractivity contribution in [3.63, 3.8) is 0 Å². The van der Waals surface area contributed by atoms with Gasteiger partial charge < -0.3 is 19.8 Å². The molecule has 106 valence electrons. The molecule has 0 aliphatic carbocycles. The lowest BCUT2D eigenvalue weighted by Crippen LogP contribution is -2.20. The van der Waals surface area contributed by atoms with Crippen molar-refractivity contribution in [2.45, 2.75) is 13.5 Å². The van der Waals surface area contributed by atoms with Crippen LogP contribution in [0.3, 0.4) is 0 Å². The van der Waals surface area contributed by atoms with Gasteiger partial charge in [0, 0.05) is 24.8 Å². The van der Waals surface area contributed by atoms with E-state index >= 15 is 0 Å². The van der Waals surface area contributed by atoms with Crippen molar-refractivity contribution in [2.75, 3.05) is 24.3 Å². The summed E-state index contributed by atoms with van der Waals surface area (Å²) in [6.45, 7) is 2.74. The first-order valence-corrected chi connectivity index (χ1v) is 6.40. The molecule has 0 aliphatic rings. The maximum absolute atomic E-state index is 12.0. The van der Waals surface area contributed by atoms with Gasteiger partial charge >= 0.3 is 5.97 Å². The Morgan fingerprint density at radius 1 is 1.40 bits per heavy atom. The number of carbonyl (C=O) groups excluding carboxylic acids is 1. The van der Waals surface area contributed by atoms with Gasteiger partial charge in [-0.3, -0.25) is 0 Å². The van der Waals surface area contributed by atoms with E-state index in [1.54, 1.807) is 31.6 Å². The number of nitrogens with two attached hydrogens (primary N) is 1. The number of furan rings is 1. The van der Waals surface area contributed by atoms with Crippen LogP contribution < -0.4 is 10.6 Å². The third kappa shape index (κ3) is 3.12. The number of esters is 1. The number of rotatable bonds is 5. The van der Waals surface area contributed by atoms with Gasteiger partial charge in [0.25, 0.3) is 0 Å². The van der Waals surface area contributed by atoms with E-state index < -0.39 is 0 Å². The average Bonchev–Trinajstić information content (AvgIpc) is 2.91. The molecule has 0 saturated carbocycles. The van der Waals surface area contributed by atoms with Gasteiger partial charge in [0.1, 0.15) is 0 Å². The van der Waals surface area contributed by atoms with Gasteiger partial charge in [-0.1, -0.05) is 0 Å². The second-order valence-electron chi connectivity index (χ2n) is 4.48. The Labute approximate surface area is 117 Å². The molecule has 1 heterocycles. The number of anilines is 2. The molecule has 0 amide bonds. The Kier molecular flexibility index (Phi) is 4.30. The molecule has 0 fully saturated rings. The summed E-state index contributed by atoms with van der Waals surface area (Å²) in [4.78, 5) is 14.0. The first-order valence-electron chi connectivity index (χ1n) is 6.40. The molecule has 0 unspecified atom stereocenters. The molecule has 5 heteroatoms. The first-order chi connectivity index (χ1) is 9.61. The zero-order valence-corrected chi connectivity index (χ0v) is 11.6. The third-order valence-corrected chi connectivity index (χ3v) is 2.93. The summed E-state index contributed by atoms with van der Waals surface area (Å²) >= 11 is 0. The van der Waals surface area contributed by atoms with Gasteiger partial charge in [-0.25, -0.2) is 4.79 Å². The topological polar surface area (TPSA) is 68.7 Å². The Bertz CT molecular complexity index is 579. The molecule has 0 spiro atoms. The third-order valence-electron chi connectivity index (χ3n) is 2.93. The summed E-state index contributed by atoms with van der Waals surface area (Å²) in [5, 5.41) is 0. The predicted molar refractivity (Wildman–Crippen MR) is 77.6 cm³/mol. The smallest absolute Gasteiger partial charge is 0.340 e. The lowest BCUT2D eigenvalue weighted by molar-refractivity contribution is 0.0527. The Morgan fingerprint density at radius 3 is 2.85 bits per heavy atom. The van der Waals surface area contributed by atoms with Gasteiger partial charge in [0.05, 0.1) is 30.4 Å². The first kappa shape index (κ1) is 14.0. The van der Waals surface area contributed by atoms with Crippen LogP contribution in [0.2, 0.25) is 0 Å². The van der Waals surface area contributed by atoms with Crippen LogP contribution >= 0.6 is 0 Å². The summed E-state index contributed by atoms with van der Waals surface area (Å²) in [6, 6.07) is 7.11. The molecule has 0 bridgehead atoms. The van der Waals surface area contributed by atoms with Crippen molar-refractivity contribution in [1.29, 1.82) is 0 Å². The lowest BCUT2D eigenvalue weighted by Gasteiger charge is -2.21. The van der Waals surface area contributed by atoms with Crippen molar-refractivity contribution in [3.8, 4) is 0 Å². The van der Waals surface area contributed by atoms with Crippen LogP contribution in [-0.4, -0.2) is 19.6 Å². The van der Waals surface area contributed by atoms with Crippen molar-refractivity contribution >= 4 is 17.3 Å². The van der Waals surface area contributed by atoms with Crippen LogP contribution in [-0.2, 0) is 11.3 Å². The van der Waals surface area contributed by atoms with Gasteiger partial charge in [0.15, 0.2) is 0 Å². The van der Waals surface area contributed by atoms with Crippen LogP contribution in [0, 0.1) is 0 Å². The molecular weight excluding hydrogens is 256 g/mol. The molecule has 0 aliphatic heterocycles. The van der Waals surface area contributed by atoms with E-state index in [4.69, 9.17) is 14.9 Å². The zero-order chi connectivity index (χ0) is 14.5. The molecule has 2 N–H and O–H groups in total. The van der Waals surface area contributed by atoms with Crippen molar-refractivity contribution < 1.29 is 13.9 Å². The van der Waals surface area contributed by atoms with Crippen LogP contribution in [0.1, 0.15) is 22.8 Å². The maximum Gasteiger partial charge on any atom is 0.340 e. The fourth-order valence-corrected chi connectivity index (χ4v) is 2.00. The van der Waals surface area contributed by atoms with E-state index in [2.05, 4.69) is 0 Å². The van der Waals surface area contributed by atoms with E-state index in [-0.39, 0.29) is 5.97 Å². The fourth-order valence-electron chi connectivity index (χ4n) is 2.00. The molecule has 20 heavy (non-hydrogen) atoms. The molecular formula is C15H18N2O3. The van der Waals surface area contributed by atoms with Crippen LogP contribution in [0.5, 0.6) is 0 Å². The minimum atomic E-state index is -0.367. The SMILES string of the molecule is CCOC(=O)c1cc(N)ccc1N(C)Cc1ccoc1. The fraction of sp³-hybridized carbons (Fsp3) is 0.267. The summed E-state index contributed by atoms with van der Waals surface area (Å²) in [7, 11) is 1.90. The van der Waals surface area contributed by atoms with E-state index in [1.807, 2.05) is 24.1 Å². The highest BCUT2D eigenvalue weighted by molar-refractivity contribution is 5.97. The normalized spacial score (nSPS) is 10.3. The second-order valence-corrected chi connectivity index (χ2v) is 4.48. The van der Waals surface area contributed by atoms with Gasteiger partial charge in [0.2, 0.25) is 0 Å². The van der Waals surface area contributed by atoms with Crippen LogP contribution in [0.25, 0.3) is 0 Å². The summed E-state index contributed by atoms with van der Waals surface area (Å²) in [5.74, 6) is -0.367. The summed E-state index contributed by atoms with van der Waals surface area (Å²) < 4.78 is 10.1. The summed E-state index contributed by atoms with van der Waals surface area (Å²) in [5.41, 5.74) is 8.57. The van der Waals surface area contributed by atoms with Crippen molar-refractivity contribution in [1.82, 2.24) is 0 Å². The number of hydrogen-bond donors (Lipinski definition) is 1. The quantitative estimate of drug-likeness (QED) is 0.670. The van der Waals surface area contributed by atoms with Crippen LogP contribution in [0.15, 0.2) is 41.2 Å². The highest BCUT2D eigenvalue weighted by Crippen LogP contribution is 2.24. The molecule has 0 atom stereocenters. The molecule has 1 aromatic carbocycles. The second kappa shape index (κ2) is 6.14. The van der Waals surface area contributed by atoms with Crippen molar-refractivity contribution in [3.05, 3.63) is 47.9 Å².